The minimum absolute atomic E-state index is 0.104. The Bertz CT molecular complexity index is 634. The van der Waals surface area contributed by atoms with Gasteiger partial charge in [0.2, 0.25) is 0 Å². The summed E-state index contributed by atoms with van der Waals surface area (Å²) < 4.78 is 1.04. The minimum atomic E-state index is -0.902. The normalized spacial score (nSPS) is 11.0. The molecule has 1 N–H and O–H groups in total. The summed E-state index contributed by atoms with van der Waals surface area (Å²) in [5.74, 6) is -0.797. The molecule has 5 heteroatoms. The molecule has 0 radical (unpaired) electrons. The van der Waals surface area contributed by atoms with Gasteiger partial charge in [-0.05, 0) is 30.5 Å². The Kier molecular flexibility index (Phi) is 4.06. The van der Waals surface area contributed by atoms with Crippen molar-refractivity contribution in [1.82, 2.24) is 4.98 Å². The number of carboxylic acid groups (broad SMARTS) is 1. The van der Waals surface area contributed by atoms with Gasteiger partial charge >= 0.3 is 5.97 Å². The molecule has 2 aromatic rings. The number of carboxylic acids is 1. The zero-order chi connectivity index (χ0) is 14.2. The molecule has 19 heavy (non-hydrogen) atoms. The van der Waals surface area contributed by atoms with Gasteiger partial charge < -0.3 is 5.11 Å². The van der Waals surface area contributed by atoms with Crippen LogP contribution in [-0.4, -0.2) is 16.1 Å². The van der Waals surface area contributed by atoms with Crippen molar-refractivity contribution >= 4 is 33.2 Å². The van der Waals surface area contributed by atoms with Gasteiger partial charge in [0.15, 0.2) is 0 Å². The number of halogens is 1. The molecule has 1 aromatic carbocycles. The number of thiazole rings is 1. The zero-order valence-electron chi connectivity index (χ0n) is 10.9. The van der Waals surface area contributed by atoms with Crippen LogP contribution in [0.1, 0.15) is 40.7 Å². The van der Waals surface area contributed by atoms with Crippen molar-refractivity contribution in [3.8, 4) is 10.6 Å². The first kappa shape index (κ1) is 14.2. The Hall–Kier alpha value is -1.20. The maximum absolute atomic E-state index is 11.3. The minimum Gasteiger partial charge on any atom is -0.477 e. The van der Waals surface area contributed by atoms with E-state index < -0.39 is 5.97 Å². The van der Waals surface area contributed by atoms with Gasteiger partial charge in [0.1, 0.15) is 9.88 Å². The topological polar surface area (TPSA) is 50.2 Å². The summed E-state index contributed by atoms with van der Waals surface area (Å²) in [5, 5.41) is 10.00. The first-order valence-electron chi connectivity index (χ1n) is 5.90. The van der Waals surface area contributed by atoms with Crippen molar-refractivity contribution < 1.29 is 9.90 Å². The molecular weight excluding hydrogens is 326 g/mol. The molecule has 0 aliphatic rings. The van der Waals surface area contributed by atoms with Crippen LogP contribution in [0.2, 0.25) is 0 Å². The molecule has 0 amide bonds. The third-order valence-corrected chi connectivity index (χ3v) is 4.80. The van der Waals surface area contributed by atoms with Crippen LogP contribution in [-0.2, 0) is 0 Å². The van der Waals surface area contributed by atoms with E-state index in [1.54, 1.807) is 0 Å². The van der Waals surface area contributed by atoms with Gasteiger partial charge in [0, 0.05) is 10.0 Å². The van der Waals surface area contributed by atoms with Crippen LogP contribution in [0.15, 0.2) is 22.7 Å². The second-order valence-electron chi connectivity index (χ2n) is 4.66. The quantitative estimate of drug-likeness (QED) is 0.881. The Morgan fingerprint density at radius 2 is 2.11 bits per heavy atom. The fraction of sp³-hybridized carbons (Fsp3) is 0.286. The highest BCUT2D eigenvalue weighted by molar-refractivity contribution is 9.10. The average molecular weight is 340 g/mol. The first-order chi connectivity index (χ1) is 8.90. The standard InChI is InChI=1S/C14H14BrNO2S/c1-7(2)11-12(14(17)18)19-13(16-11)9-4-5-10(15)8(3)6-9/h4-7H,1-3H3,(H,17,18). The van der Waals surface area contributed by atoms with Crippen molar-refractivity contribution in [2.75, 3.05) is 0 Å². The molecule has 1 heterocycles. The second kappa shape index (κ2) is 5.43. The Morgan fingerprint density at radius 1 is 1.42 bits per heavy atom. The number of hydrogen-bond acceptors (Lipinski definition) is 3. The van der Waals surface area contributed by atoms with Crippen molar-refractivity contribution in [1.29, 1.82) is 0 Å². The summed E-state index contributed by atoms with van der Waals surface area (Å²) in [7, 11) is 0. The van der Waals surface area contributed by atoms with Gasteiger partial charge in [-0.3, -0.25) is 0 Å². The van der Waals surface area contributed by atoms with Gasteiger partial charge in [-0.15, -0.1) is 11.3 Å². The maximum Gasteiger partial charge on any atom is 0.347 e. The summed E-state index contributed by atoms with van der Waals surface area (Å²) in [4.78, 5) is 16.1. The van der Waals surface area contributed by atoms with E-state index in [0.717, 1.165) is 20.6 Å². The third-order valence-electron chi connectivity index (χ3n) is 2.80. The van der Waals surface area contributed by atoms with Crippen LogP contribution in [0.5, 0.6) is 0 Å². The monoisotopic (exact) mass is 339 g/mol. The molecule has 1 aromatic heterocycles. The molecule has 0 aliphatic carbocycles. The van der Waals surface area contributed by atoms with Crippen LogP contribution < -0.4 is 0 Å². The van der Waals surface area contributed by atoms with E-state index in [1.165, 1.54) is 11.3 Å². The third kappa shape index (κ3) is 2.87. The highest BCUT2D eigenvalue weighted by atomic mass is 79.9. The summed E-state index contributed by atoms with van der Waals surface area (Å²) in [6.07, 6.45) is 0. The Morgan fingerprint density at radius 3 is 2.58 bits per heavy atom. The highest BCUT2D eigenvalue weighted by Crippen LogP contribution is 2.33. The number of benzene rings is 1. The fourth-order valence-electron chi connectivity index (χ4n) is 1.78. The highest BCUT2D eigenvalue weighted by Gasteiger charge is 2.20. The van der Waals surface area contributed by atoms with Crippen molar-refractivity contribution in [3.05, 3.63) is 38.8 Å². The summed E-state index contributed by atoms with van der Waals surface area (Å²) in [6, 6.07) is 5.92. The SMILES string of the molecule is Cc1cc(-c2nc(C(C)C)c(C(=O)O)s2)ccc1Br. The predicted octanol–water partition coefficient (Wildman–Crippen LogP) is 4.70. The van der Waals surface area contributed by atoms with E-state index in [-0.39, 0.29) is 5.92 Å². The number of carbonyl (C=O) groups is 1. The summed E-state index contributed by atoms with van der Waals surface area (Å²) in [5.41, 5.74) is 2.73. The molecule has 100 valence electrons. The molecule has 0 aliphatic heterocycles. The molecule has 0 saturated carbocycles. The van der Waals surface area contributed by atoms with Crippen LogP contribution in [0.4, 0.5) is 0 Å². The lowest BCUT2D eigenvalue weighted by Crippen LogP contribution is -2.00. The number of aryl methyl sites for hydroxylation is 1. The smallest absolute Gasteiger partial charge is 0.347 e. The predicted molar refractivity (Wildman–Crippen MR) is 81.0 cm³/mol. The lowest BCUT2D eigenvalue weighted by Gasteiger charge is -2.02. The van der Waals surface area contributed by atoms with E-state index in [2.05, 4.69) is 20.9 Å². The van der Waals surface area contributed by atoms with Crippen LogP contribution >= 0.6 is 27.3 Å². The van der Waals surface area contributed by atoms with Crippen LogP contribution in [0.25, 0.3) is 10.6 Å². The van der Waals surface area contributed by atoms with E-state index >= 15 is 0 Å². The number of aromatic carboxylic acids is 1. The zero-order valence-corrected chi connectivity index (χ0v) is 13.3. The van der Waals surface area contributed by atoms with E-state index in [4.69, 9.17) is 0 Å². The van der Waals surface area contributed by atoms with Crippen molar-refractivity contribution in [2.24, 2.45) is 0 Å². The summed E-state index contributed by atoms with van der Waals surface area (Å²) in [6.45, 7) is 5.92. The fourth-order valence-corrected chi connectivity index (χ4v) is 3.08. The molecule has 0 fully saturated rings. The van der Waals surface area contributed by atoms with Crippen LogP contribution in [0, 0.1) is 6.92 Å². The average Bonchev–Trinajstić information content (AvgIpc) is 2.78. The van der Waals surface area contributed by atoms with E-state index in [1.807, 2.05) is 39.0 Å². The number of aromatic nitrogens is 1. The second-order valence-corrected chi connectivity index (χ2v) is 6.51. The van der Waals surface area contributed by atoms with Gasteiger partial charge in [-0.1, -0.05) is 35.8 Å². The molecule has 2 rings (SSSR count). The molecule has 3 nitrogen and oxygen atoms in total. The maximum atomic E-state index is 11.3. The van der Waals surface area contributed by atoms with Gasteiger partial charge in [-0.2, -0.15) is 0 Å². The lowest BCUT2D eigenvalue weighted by molar-refractivity contribution is 0.0700. The number of hydrogen-bond donors (Lipinski definition) is 1. The lowest BCUT2D eigenvalue weighted by atomic mass is 10.1. The van der Waals surface area contributed by atoms with Crippen molar-refractivity contribution in [3.63, 3.8) is 0 Å². The Labute approximate surface area is 124 Å². The van der Waals surface area contributed by atoms with Gasteiger partial charge in [0.25, 0.3) is 0 Å². The number of rotatable bonds is 3. The summed E-state index contributed by atoms with van der Waals surface area (Å²) >= 11 is 4.69. The molecule has 0 unspecified atom stereocenters. The molecule has 0 atom stereocenters. The van der Waals surface area contributed by atoms with Crippen molar-refractivity contribution in [2.45, 2.75) is 26.7 Å². The molecule has 0 saturated heterocycles. The van der Waals surface area contributed by atoms with Gasteiger partial charge in [-0.25, -0.2) is 9.78 Å². The van der Waals surface area contributed by atoms with Gasteiger partial charge in [0.05, 0.1) is 5.69 Å². The largest absolute Gasteiger partial charge is 0.477 e. The number of nitrogens with zero attached hydrogens (tertiary/aromatic N) is 1. The molecule has 0 bridgehead atoms. The first-order valence-corrected chi connectivity index (χ1v) is 7.51. The molecular formula is C14H14BrNO2S. The Balaban J connectivity index is 2.54. The molecule has 0 spiro atoms. The van der Waals surface area contributed by atoms with Crippen LogP contribution in [0.3, 0.4) is 0 Å². The van der Waals surface area contributed by atoms with E-state index in [0.29, 0.717) is 10.6 Å². The van der Waals surface area contributed by atoms with E-state index in [9.17, 15) is 9.90 Å².